The highest BCUT2D eigenvalue weighted by Gasteiger charge is 2.24. The molecule has 1 amide bonds. The summed E-state index contributed by atoms with van der Waals surface area (Å²) in [5.41, 5.74) is 15.2. The molecule has 3 aromatic carbocycles. The lowest BCUT2D eigenvalue weighted by Gasteiger charge is -2.21. The van der Waals surface area contributed by atoms with Crippen LogP contribution in [0.4, 0.5) is 23.0 Å². The predicted molar refractivity (Wildman–Crippen MR) is 119 cm³/mol. The van der Waals surface area contributed by atoms with Crippen LogP contribution in [0.3, 0.4) is 0 Å². The van der Waals surface area contributed by atoms with E-state index in [0.717, 1.165) is 29.4 Å². The van der Waals surface area contributed by atoms with Gasteiger partial charge in [-0.25, -0.2) is 9.97 Å². The maximum absolute atomic E-state index is 12.8. The topological polar surface area (TPSA) is 96.2 Å². The van der Waals surface area contributed by atoms with E-state index in [4.69, 9.17) is 5.73 Å². The van der Waals surface area contributed by atoms with Gasteiger partial charge in [0, 0.05) is 17.8 Å². The van der Waals surface area contributed by atoms with Crippen molar-refractivity contribution in [3.63, 3.8) is 0 Å². The molecule has 7 heteroatoms. The van der Waals surface area contributed by atoms with Crippen molar-refractivity contribution in [3.8, 4) is 0 Å². The second-order valence-corrected chi connectivity index (χ2v) is 7.10. The fourth-order valence-corrected chi connectivity index (χ4v) is 3.87. The summed E-state index contributed by atoms with van der Waals surface area (Å²) in [6.45, 7) is 0.794. The summed E-state index contributed by atoms with van der Waals surface area (Å²) < 4.78 is 0. The van der Waals surface area contributed by atoms with Gasteiger partial charge < -0.3 is 10.6 Å². The van der Waals surface area contributed by atoms with Gasteiger partial charge in [0.15, 0.2) is 11.6 Å². The highest BCUT2D eigenvalue weighted by atomic mass is 16.2. The number of nitrogen functional groups attached to an aromatic ring is 1. The molecule has 0 saturated heterocycles. The normalized spacial score (nSPS) is 12.6. The van der Waals surface area contributed by atoms with Crippen molar-refractivity contribution >= 4 is 39.7 Å². The molecule has 2 heterocycles. The van der Waals surface area contributed by atoms with E-state index in [1.54, 1.807) is 6.07 Å². The Bertz CT molecular complexity index is 1250. The summed E-state index contributed by atoms with van der Waals surface area (Å²) in [6.07, 6.45) is 2.37. The van der Waals surface area contributed by atoms with Crippen LogP contribution in [0.15, 0.2) is 73.1 Å². The van der Waals surface area contributed by atoms with E-state index in [9.17, 15) is 4.79 Å². The highest BCUT2D eigenvalue weighted by molar-refractivity contribution is 6.07. The maximum Gasteiger partial charge on any atom is 0.270 e. The van der Waals surface area contributed by atoms with Crippen LogP contribution in [0.2, 0.25) is 0 Å². The van der Waals surface area contributed by atoms with E-state index in [2.05, 4.69) is 37.9 Å². The van der Waals surface area contributed by atoms with Crippen LogP contribution in [0.1, 0.15) is 15.9 Å². The van der Waals surface area contributed by atoms with Gasteiger partial charge in [0.1, 0.15) is 12.0 Å². The van der Waals surface area contributed by atoms with Crippen molar-refractivity contribution < 1.29 is 4.79 Å². The number of nitrogens with one attached hydrogen (secondary N) is 2. The van der Waals surface area contributed by atoms with Crippen molar-refractivity contribution in [2.24, 2.45) is 0 Å². The fourth-order valence-electron chi connectivity index (χ4n) is 3.87. The van der Waals surface area contributed by atoms with E-state index >= 15 is 0 Å². The maximum atomic E-state index is 12.8. The Labute approximate surface area is 173 Å². The second kappa shape index (κ2) is 7.36. The highest BCUT2D eigenvalue weighted by Crippen LogP contribution is 2.37. The smallest absolute Gasteiger partial charge is 0.270 e. The van der Waals surface area contributed by atoms with Gasteiger partial charge in [-0.3, -0.25) is 15.6 Å². The molecule has 0 fully saturated rings. The van der Waals surface area contributed by atoms with Gasteiger partial charge >= 0.3 is 0 Å². The molecule has 7 nitrogen and oxygen atoms in total. The first-order valence-electron chi connectivity index (χ1n) is 9.72. The summed E-state index contributed by atoms with van der Waals surface area (Å²) in [4.78, 5) is 23.4. The third kappa shape index (κ3) is 3.06. The van der Waals surface area contributed by atoms with Gasteiger partial charge in [0.05, 0.1) is 0 Å². The molecule has 0 bridgehead atoms. The molecule has 0 radical (unpaired) electrons. The number of hydrazine groups is 1. The number of anilines is 4. The lowest BCUT2D eigenvalue weighted by Crippen LogP contribution is -2.31. The van der Waals surface area contributed by atoms with Gasteiger partial charge in [-0.2, -0.15) is 0 Å². The van der Waals surface area contributed by atoms with Gasteiger partial charge in [-0.05, 0) is 34.9 Å². The Morgan fingerprint density at radius 2 is 1.77 bits per heavy atom. The Morgan fingerprint density at radius 3 is 2.70 bits per heavy atom. The molecule has 0 atom stereocenters. The number of nitrogens with zero attached hydrogens (tertiary/aromatic N) is 3. The summed E-state index contributed by atoms with van der Waals surface area (Å²) in [6, 6.07) is 21.6. The first-order chi connectivity index (χ1) is 14.7. The summed E-state index contributed by atoms with van der Waals surface area (Å²) in [5.74, 6) is 0.715. The molecule has 1 aromatic heterocycles. The Balaban J connectivity index is 1.39. The predicted octanol–water partition coefficient (Wildman–Crippen LogP) is 3.66. The third-order valence-electron chi connectivity index (χ3n) is 5.33. The van der Waals surface area contributed by atoms with Crippen molar-refractivity contribution in [1.29, 1.82) is 0 Å². The molecule has 148 valence electrons. The number of hydrogen-bond acceptors (Lipinski definition) is 6. The molecule has 4 aromatic rings. The van der Waals surface area contributed by atoms with Crippen molar-refractivity contribution in [2.45, 2.75) is 6.42 Å². The second-order valence-electron chi connectivity index (χ2n) is 7.10. The number of aromatic nitrogens is 2. The third-order valence-corrected chi connectivity index (χ3v) is 5.33. The number of fused-ring (bicyclic) bond motifs is 2. The number of carbonyl (C=O) groups excluding carboxylic acids is 1. The molecule has 4 N–H and O–H groups in total. The van der Waals surface area contributed by atoms with Crippen LogP contribution in [0, 0.1) is 0 Å². The minimum Gasteiger partial charge on any atom is -0.393 e. The molecule has 0 aliphatic carbocycles. The fraction of sp³-hybridized carbons (Fsp3) is 0.0870. The quantitative estimate of drug-likeness (QED) is 0.456. The number of benzene rings is 3. The zero-order valence-electron chi connectivity index (χ0n) is 16.2. The van der Waals surface area contributed by atoms with Crippen molar-refractivity contribution in [3.05, 3.63) is 84.2 Å². The molecule has 30 heavy (non-hydrogen) atoms. The summed E-state index contributed by atoms with van der Waals surface area (Å²) in [7, 11) is 0. The largest absolute Gasteiger partial charge is 0.393 e. The molecule has 0 saturated carbocycles. The van der Waals surface area contributed by atoms with Crippen LogP contribution >= 0.6 is 0 Å². The van der Waals surface area contributed by atoms with Crippen LogP contribution < -0.4 is 21.5 Å². The number of amides is 1. The Kier molecular flexibility index (Phi) is 4.40. The number of para-hydroxylation sites is 1. The Morgan fingerprint density at radius 1 is 0.967 bits per heavy atom. The number of hydrogen-bond donors (Lipinski definition) is 3. The van der Waals surface area contributed by atoms with Gasteiger partial charge in [-0.15, -0.1) is 0 Å². The molecular formula is C23H20N6O. The van der Waals surface area contributed by atoms with Gasteiger partial charge in [0.2, 0.25) is 0 Å². The molecule has 0 unspecified atom stereocenters. The first-order valence-corrected chi connectivity index (χ1v) is 9.72. The lowest BCUT2D eigenvalue weighted by atomic mass is 10.0. The molecule has 0 spiro atoms. The SMILES string of the molecule is Nc1c(NNC(=O)c2cccc3ccccc23)ncnc1N1CCc2ccccc21. The van der Waals surface area contributed by atoms with E-state index in [0.29, 0.717) is 22.9 Å². The minimum atomic E-state index is -0.266. The molecule has 1 aliphatic rings. The van der Waals surface area contributed by atoms with E-state index < -0.39 is 0 Å². The van der Waals surface area contributed by atoms with E-state index in [-0.39, 0.29) is 5.91 Å². The van der Waals surface area contributed by atoms with Crippen LogP contribution in [0.5, 0.6) is 0 Å². The van der Waals surface area contributed by atoms with Crippen molar-refractivity contribution in [1.82, 2.24) is 15.4 Å². The zero-order valence-corrected chi connectivity index (χ0v) is 16.2. The summed E-state index contributed by atoms with van der Waals surface area (Å²) >= 11 is 0. The van der Waals surface area contributed by atoms with Gasteiger partial charge in [0.25, 0.3) is 5.91 Å². The number of rotatable bonds is 4. The van der Waals surface area contributed by atoms with Crippen LogP contribution in [-0.4, -0.2) is 22.4 Å². The number of carbonyl (C=O) groups is 1. The average Bonchev–Trinajstić information content (AvgIpc) is 3.22. The van der Waals surface area contributed by atoms with Gasteiger partial charge in [-0.1, -0.05) is 54.6 Å². The standard InChI is InChI=1S/C23H20N6O/c24-20-21(25-14-26-22(20)29-13-12-16-7-2-4-11-19(16)29)27-28-23(30)18-10-5-8-15-6-1-3-9-17(15)18/h1-11,14H,12-13,24H2,(H,28,30)(H,25,26,27). The lowest BCUT2D eigenvalue weighted by molar-refractivity contribution is 0.0964. The van der Waals surface area contributed by atoms with Crippen LogP contribution in [-0.2, 0) is 6.42 Å². The van der Waals surface area contributed by atoms with Crippen molar-refractivity contribution in [2.75, 3.05) is 22.6 Å². The first kappa shape index (κ1) is 17.9. The van der Waals surface area contributed by atoms with E-state index in [1.165, 1.54) is 11.9 Å². The molecule has 5 rings (SSSR count). The zero-order chi connectivity index (χ0) is 20.5. The van der Waals surface area contributed by atoms with E-state index in [1.807, 2.05) is 48.5 Å². The number of nitrogens with two attached hydrogens (primary N) is 1. The summed E-state index contributed by atoms with van der Waals surface area (Å²) in [5, 5.41) is 1.88. The Hall–Kier alpha value is -4.13. The average molecular weight is 396 g/mol. The molecule has 1 aliphatic heterocycles. The molecular weight excluding hydrogens is 376 g/mol. The minimum absolute atomic E-state index is 0.266. The van der Waals surface area contributed by atoms with Crippen LogP contribution in [0.25, 0.3) is 10.8 Å². The monoisotopic (exact) mass is 396 g/mol.